The van der Waals surface area contributed by atoms with Crippen molar-refractivity contribution in [3.63, 3.8) is 0 Å². The van der Waals surface area contributed by atoms with Gasteiger partial charge in [-0.1, -0.05) is 0 Å². The quantitative estimate of drug-likeness (QED) is 0.762. The maximum absolute atomic E-state index is 10.9. The average molecular weight is 382 g/mol. The summed E-state index contributed by atoms with van der Waals surface area (Å²) in [6.07, 6.45) is 0.192. The van der Waals surface area contributed by atoms with Gasteiger partial charge in [-0.2, -0.15) is 0 Å². The molecule has 5 nitrogen and oxygen atoms in total. The Bertz CT molecular complexity index is 566. The van der Waals surface area contributed by atoms with Crippen LogP contribution in [0.15, 0.2) is 20.0 Å². The van der Waals surface area contributed by atoms with Crippen LogP contribution in [0.2, 0.25) is 0 Å². The molecule has 0 aliphatic rings. The number of aromatic amines is 1. The van der Waals surface area contributed by atoms with Crippen molar-refractivity contribution < 1.29 is 15.0 Å². The standard InChI is InChI=1S/C9H6Br2N2O3S/c10-4-1-3(8(11)17-4)7(14)5-6(9(15)16)13-2-12-5/h1-2,7,14H,(H,12,13)(H,15,16). The third kappa shape index (κ3) is 2.44. The smallest absolute Gasteiger partial charge is 0.356 e. The van der Waals surface area contributed by atoms with Crippen LogP contribution in [0.3, 0.4) is 0 Å². The second-order valence-electron chi connectivity index (χ2n) is 3.15. The minimum Gasteiger partial charge on any atom is -0.476 e. The van der Waals surface area contributed by atoms with Gasteiger partial charge in [-0.15, -0.1) is 11.3 Å². The number of carboxylic acid groups (broad SMARTS) is 1. The highest BCUT2D eigenvalue weighted by Gasteiger charge is 2.24. The fraction of sp³-hybridized carbons (Fsp3) is 0.111. The molecule has 0 saturated heterocycles. The van der Waals surface area contributed by atoms with E-state index in [2.05, 4.69) is 41.8 Å². The van der Waals surface area contributed by atoms with Crippen molar-refractivity contribution in [3.05, 3.63) is 36.9 Å². The van der Waals surface area contributed by atoms with E-state index in [9.17, 15) is 9.90 Å². The van der Waals surface area contributed by atoms with Crippen LogP contribution < -0.4 is 0 Å². The SMILES string of the molecule is O=C(O)c1nc[nH]c1C(O)c1cc(Br)sc1Br. The minimum atomic E-state index is -1.18. The topological polar surface area (TPSA) is 86.2 Å². The van der Waals surface area contributed by atoms with E-state index < -0.39 is 12.1 Å². The molecule has 90 valence electrons. The Balaban J connectivity index is 2.43. The lowest BCUT2D eigenvalue weighted by atomic mass is 10.1. The van der Waals surface area contributed by atoms with E-state index in [1.807, 2.05) is 0 Å². The number of rotatable bonds is 3. The Hall–Kier alpha value is -0.700. The zero-order valence-corrected chi connectivity index (χ0v) is 12.1. The first-order chi connectivity index (χ1) is 8.00. The minimum absolute atomic E-state index is 0.170. The van der Waals surface area contributed by atoms with Crippen molar-refractivity contribution in [1.82, 2.24) is 9.97 Å². The Morgan fingerprint density at radius 3 is 2.76 bits per heavy atom. The number of aliphatic hydroxyl groups is 1. The van der Waals surface area contributed by atoms with Crippen LogP contribution in [-0.2, 0) is 0 Å². The number of nitrogens with one attached hydrogen (secondary N) is 1. The monoisotopic (exact) mass is 380 g/mol. The van der Waals surface area contributed by atoms with Crippen LogP contribution in [-0.4, -0.2) is 26.2 Å². The number of hydrogen-bond acceptors (Lipinski definition) is 4. The van der Waals surface area contributed by atoms with Crippen molar-refractivity contribution in [1.29, 1.82) is 0 Å². The summed E-state index contributed by atoms with van der Waals surface area (Å²) in [7, 11) is 0. The first kappa shape index (κ1) is 12.7. The molecule has 0 spiro atoms. The van der Waals surface area contributed by atoms with Crippen LogP contribution >= 0.6 is 43.2 Å². The fourth-order valence-corrected chi connectivity index (χ4v) is 4.26. The van der Waals surface area contributed by atoms with Crippen molar-refractivity contribution in [2.45, 2.75) is 6.10 Å². The third-order valence-electron chi connectivity index (χ3n) is 2.12. The number of hydrogen-bond donors (Lipinski definition) is 3. The Labute approximate surface area is 117 Å². The van der Waals surface area contributed by atoms with Gasteiger partial charge in [-0.05, 0) is 37.9 Å². The van der Waals surface area contributed by atoms with Gasteiger partial charge in [0.1, 0.15) is 6.10 Å². The van der Waals surface area contributed by atoms with Crippen LogP contribution in [0.25, 0.3) is 0 Å². The van der Waals surface area contributed by atoms with Crippen molar-refractivity contribution >= 4 is 49.2 Å². The molecule has 0 saturated carbocycles. The largest absolute Gasteiger partial charge is 0.476 e. The molecule has 0 amide bonds. The van der Waals surface area contributed by atoms with E-state index in [-0.39, 0.29) is 11.4 Å². The molecular weight excluding hydrogens is 376 g/mol. The van der Waals surface area contributed by atoms with E-state index >= 15 is 0 Å². The maximum atomic E-state index is 10.9. The predicted molar refractivity (Wildman–Crippen MR) is 69.3 cm³/mol. The first-order valence-electron chi connectivity index (χ1n) is 4.40. The van der Waals surface area contributed by atoms with Gasteiger partial charge in [0.2, 0.25) is 0 Å². The van der Waals surface area contributed by atoms with E-state index in [0.29, 0.717) is 5.56 Å². The van der Waals surface area contributed by atoms with Crippen LogP contribution in [0, 0.1) is 0 Å². The molecule has 1 unspecified atom stereocenters. The van der Waals surface area contributed by atoms with Gasteiger partial charge in [0.05, 0.1) is 19.6 Å². The molecule has 2 heterocycles. The Morgan fingerprint density at radius 2 is 2.24 bits per heavy atom. The Kier molecular flexibility index (Phi) is 3.67. The summed E-state index contributed by atoms with van der Waals surface area (Å²) in [6, 6.07) is 1.73. The second kappa shape index (κ2) is 4.89. The van der Waals surface area contributed by atoms with Gasteiger partial charge >= 0.3 is 5.97 Å². The van der Waals surface area contributed by atoms with Gasteiger partial charge in [0, 0.05) is 5.56 Å². The van der Waals surface area contributed by atoms with E-state index in [1.54, 1.807) is 6.07 Å². The molecule has 0 fully saturated rings. The molecule has 3 N–H and O–H groups in total. The number of nitrogens with zero attached hydrogens (tertiary/aromatic N) is 1. The highest BCUT2D eigenvalue weighted by atomic mass is 79.9. The van der Waals surface area contributed by atoms with Crippen molar-refractivity contribution in [2.75, 3.05) is 0 Å². The lowest BCUT2D eigenvalue weighted by molar-refractivity contribution is 0.0685. The van der Waals surface area contributed by atoms with Crippen LogP contribution in [0.1, 0.15) is 27.8 Å². The summed E-state index contributed by atoms with van der Waals surface area (Å²) in [6.45, 7) is 0. The predicted octanol–water partition coefficient (Wildman–Crippen LogP) is 2.78. The molecule has 2 rings (SSSR count). The number of aromatic nitrogens is 2. The highest BCUT2D eigenvalue weighted by Crippen LogP contribution is 2.37. The summed E-state index contributed by atoms with van der Waals surface area (Å²) in [4.78, 5) is 17.2. The first-order valence-corrected chi connectivity index (χ1v) is 6.80. The normalized spacial score (nSPS) is 12.6. The summed E-state index contributed by atoms with van der Waals surface area (Å²) in [5.41, 5.74) is 0.587. The summed E-state index contributed by atoms with van der Waals surface area (Å²) in [5.74, 6) is -1.18. The molecule has 0 aliphatic heterocycles. The van der Waals surface area contributed by atoms with Gasteiger partial charge in [-0.3, -0.25) is 0 Å². The summed E-state index contributed by atoms with van der Waals surface area (Å²) in [5, 5.41) is 19.0. The molecule has 2 aromatic rings. The number of halogens is 2. The van der Waals surface area contributed by atoms with Crippen LogP contribution in [0.4, 0.5) is 0 Å². The van der Waals surface area contributed by atoms with Crippen LogP contribution in [0.5, 0.6) is 0 Å². The summed E-state index contributed by atoms with van der Waals surface area (Å²) < 4.78 is 1.58. The van der Waals surface area contributed by atoms with Gasteiger partial charge in [0.15, 0.2) is 5.69 Å². The summed E-state index contributed by atoms with van der Waals surface area (Å²) >= 11 is 8.01. The van der Waals surface area contributed by atoms with Gasteiger partial charge in [-0.25, -0.2) is 9.78 Å². The lowest BCUT2D eigenvalue weighted by Gasteiger charge is -2.08. The number of aromatic carboxylic acids is 1. The number of aliphatic hydroxyl groups excluding tert-OH is 1. The maximum Gasteiger partial charge on any atom is 0.356 e. The van der Waals surface area contributed by atoms with Crippen molar-refractivity contribution in [3.8, 4) is 0 Å². The molecule has 8 heteroatoms. The molecule has 0 aromatic carbocycles. The average Bonchev–Trinajstić information content (AvgIpc) is 2.83. The molecule has 0 radical (unpaired) electrons. The Morgan fingerprint density at radius 1 is 1.53 bits per heavy atom. The molecular formula is C9H6Br2N2O3S. The highest BCUT2D eigenvalue weighted by molar-refractivity contribution is 9.12. The van der Waals surface area contributed by atoms with E-state index in [0.717, 1.165) is 7.57 Å². The van der Waals surface area contributed by atoms with E-state index in [1.165, 1.54) is 17.7 Å². The van der Waals surface area contributed by atoms with Gasteiger partial charge < -0.3 is 15.2 Å². The fourth-order valence-electron chi connectivity index (χ4n) is 1.38. The number of imidazole rings is 1. The van der Waals surface area contributed by atoms with E-state index in [4.69, 9.17) is 5.11 Å². The number of thiophene rings is 1. The van der Waals surface area contributed by atoms with Gasteiger partial charge in [0.25, 0.3) is 0 Å². The molecule has 0 bridgehead atoms. The molecule has 2 aromatic heterocycles. The zero-order valence-electron chi connectivity index (χ0n) is 8.15. The molecule has 17 heavy (non-hydrogen) atoms. The number of carboxylic acids is 1. The number of H-pyrrole nitrogens is 1. The molecule has 0 aliphatic carbocycles. The second-order valence-corrected chi connectivity index (χ2v) is 6.90. The zero-order chi connectivity index (χ0) is 12.6. The lowest BCUT2D eigenvalue weighted by Crippen LogP contribution is -2.07. The third-order valence-corrected chi connectivity index (χ3v) is 4.51. The number of carbonyl (C=O) groups is 1. The van der Waals surface area contributed by atoms with Crippen molar-refractivity contribution in [2.24, 2.45) is 0 Å². The molecule has 1 atom stereocenters.